The number of hydrogen-bond donors (Lipinski definition) is 1. The van der Waals surface area contributed by atoms with Gasteiger partial charge < -0.3 is 10.2 Å². The minimum atomic E-state index is -0.335. The maximum Gasteiger partial charge on any atom is 0.255 e. The van der Waals surface area contributed by atoms with Crippen LogP contribution in [0.1, 0.15) is 17.3 Å². The van der Waals surface area contributed by atoms with Gasteiger partial charge in [-0.3, -0.25) is 9.69 Å². The Bertz CT molecular complexity index is 779. The van der Waals surface area contributed by atoms with Crippen molar-refractivity contribution in [1.82, 2.24) is 9.88 Å². The first-order valence-corrected chi connectivity index (χ1v) is 8.53. The molecule has 0 atom stereocenters. The number of amides is 1. The second-order valence-corrected chi connectivity index (χ2v) is 6.49. The SMILES string of the molecule is CCN1CC(N(C)c2cc(F)ccc2NC(=O)c2ccnc(Cl)c2)C1. The lowest BCUT2D eigenvalue weighted by Gasteiger charge is -2.45. The van der Waals surface area contributed by atoms with Gasteiger partial charge >= 0.3 is 0 Å². The molecule has 132 valence electrons. The van der Waals surface area contributed by atoms with Crippen molar-refractivity contribution in [2.24, 2.45) is 0 Å². The number of nitrogens with zero attached hydrogens (tertiary/aromatic N) is 3. The standard InChI is InChI=1S/C18H20ClFN4O/c1-3-24-10-14(11-24)23(2)16-9-13(20)4-5-15(16)22-18(25)12-6-7-21-17(19)8-12/h4-9,14H,3,10-11H2,1-2H3,(H,22,25). The van der Waals surface area contributed by atoms with E-state index in [4.69, 9.17) is 11.6 Å². The van der Waals surface area contributed by atoms with Crippen molar-refractivity contribution in [1.29, 1.82) is 0 Å². The summed E-state index contributed by atoms with van der Waals surface area (Å²) in [7, 11) is 1.92. The largest absolute Gasteiger partial charge is 0.367 e. The quantitative estimate of drug-likeness (QED) is 0.829. The average molecular weight is 363 g/mol. The van der Waals surface area contributed by atoms with E-state index < -0.39 is 0 Å². The smallest absolute Gasteiger partial charge is 0.255 e. The number of halogens is 2. The van der Waals surface area contributed by atoms with E-state index in [1.54, 1.807) is 12.1 Å². The Morgan fingerprint density at radius 3 is 2.84 bits per heavy atom. The van der Waals surface area contributed by atoms with Gasteiger partial charge in [0, 0.05) is 31.9 Å². The minimum absolute atomic E-state index is 0.248. The summed E-state index contributed by atoms with van der Waals surface area (Å²) in [5.74, 6) is -0.646. The Hall–Kier alpha value is -2.18. The highest BCUT2D eigenvalue weighted by Crippen LogP contribution is 2.30. The van der Waals surface area contributed by atoms with Gasteiger partial charge in [-0.25, -0.2) is 9.37 Å². The van der Waals surface area contributed by atoms with Gasteiger partial charge in [0.05, 0.1) is 17.4 Å². The van der Waals surface area contributed by atoms with Crippen LogP contribution in [0.25, 0.3) is 0 Å². The number of nitrogens with one attached hydrogen (secondary N) is 1. The van der Waals surface area contributed by atoms with Crippen LogP contribution in [0.2, 0.25) is 5.15 Å². The molecule has 1 aliphatic heterocycles. The highest BCUT2D eigenvalue weighted by molar-refractivity contribution is 6.29. The van der Waals surface area contributed by atoms with Crippen molar-refractivity contribution in [3.8, 4) is 0 Å². The van der Waals surface area contributed by atoms with Crippen LogP contribution in [0.5, 0.6) is 0 Å². The zero-order valence-corrected chi connectivity index (χ0v) is 14.9. The predicted molar refractivity (Wildman–Crippen MR) is 97.9 cm³/mol. The van der Waals surface area contributed by atoms with Crippen LogP contribution in [0.15, 0.2) is 36.5 Å². The molecule has 0 bridgehead atoms. The zero-order valence-electron chi connectivity index (χ0n) is 14.2. The number of aromatic nitrogens is 1. The number of rotatable bonds is 5. The maximum absolute atomic E-state index is 13.8. The molecule has 0 spiro atoms. The summed E-state index contributed by atoms with van der Waals surface area (Å²) in [4.78, 5) is 20.6. The number of carbonyl (C=O) groups excluding carboxylic acids is 1. The molecule has 1 saturated heterocycles. The third-order valence-corrected chi connectivity index (χ3v) is 4.72. The van der Waals surface area contributed by atoms with E-state index >= 15 is 0 Å². The number of benzene rings is 1. The predicted octanol–water partition coefficient (Wildman–Crippen LogP) is 3.27. The lowest BCUT2D eigenvalue weighted by molar-refractivity contribution is 0.102. The highest BCUT2D eigenvalue weighted by atomic mass is 35.5. The fourth-order valence-corrected chi connectivity index (χ4v) is 3.06. The molecule has 1 aromatic carbocycles. The van der Waals surface area contributed by atoms with Gasteiger partial charge in [0.25, 0.3) is 5.91 Å². The van der Waals surface area contributed by atoms with Crippen LogP contribution in [0, 0.1) is 5.82 Å². The normalized spacial score (nSPS) is 14.9. The molecule has 0 aliphatic carbocycles. The van der Waals surface area contributed by atoms with Gasteiger partial charge in [-0.1, -0.05) is 18.5 Å². The van der Waals surface area contributed by atoms with E-state index in [9.17, 15) is 9.18 Å². The molecular weight excluding hydrogens is 343 g/mol. The Kier molecular flexibility index (Phi) is 5.20. The van der Waals surface area contributed by atoms with Gasteiger partial charge in [0.15, 0.2) is 0 Å². The maximum atomic E-state index is 13.8. The summed E-state index contributed by atoms with van der Waals surface area (Å²) >= 11 is 5.84. The first-order valence-electron chi connectivity index (χ1n) is 8.15. The molecule has 5 nitrogen and oxygen atoms in total. The monoisotopic (exact) mass is 362 g/mol. The second-order valence-electron chi connectivity index (χ2n) is 6.10. The van der Waals surface area contributed by atoms with Gasteiger partial charge in [-0.15, -0.1) is 0 Å². The molecule has 0 saturated carbocycles. The fourth-order valence-electron chi connectivity index (χ4n) is 2.88. The van der Waals surface area contributed by atoms with E-state index in [0.717, 1.165) is 19.6 Å². The Morgan fingerprint density at radius 1 is 1.40 bits per heavy atom. The summed E-state index contributed by atoms with van der Waals surface area (Å²) in [6.07, 6.45) is 1.47. The van der Waals surface area contributed by atoms with E-state index in [0.29, 0.717) is 23.0 Å². The fraction of sp³-hybridized carbons (Fsp3) is 0.333. The number of likely N-dealkylation sites (N-methyl/N-ethyl adjacent to an activating group) is 2. The van der Waals surface area contributed by atoms with Crippen molar-refractivity contribution >= 4 is 28.9 Å². The molecule has 1 fully saturated rings. The van der Waals surface area contributed by atoms with Crippen molar-refractivity contribution in [2.75, 3.05) is 36.9 Å². The highest BCUT2D eigenvalue weighted by Gasteiger charge is 2.30. The molecule has 3 rings (SSSR count). The number of anilines is 2. The van der Waals surface area contributed by atoms with Gasteiger partial charge in [0.2, 0.25) is 0 Å². The number of pyridine rings is 1. The summed E-state index contributed by atoms with van der Waals surface area (Å²) < 4.78 is 13.8. The van der Waals surface area contributed by atoms with E-state index in [1.165, 1.54) is 24.4 Å². The Labute approximate surface area is 151 Å². The van der Waals surface area contributed by atoms with Crippen LogP contribution in [-0.2, 0) is 0 Å². The van der Waals surface area contributed by atoms with Gasteiger partial charge in [-0.05, 0) is 36.9 Å². The van der Waals surface area contributed by atoms with Crippen LogP contribution in [-0.4, -0.2) is 48.5 Å². The van der Waals surface area contributed by atoms with E-state index in [2.05, 4.69) is 22.1 Å². The first-order chi connectivity index (χ1) is 12.0. The summed E-state index contributed by atoms with van der Waals surface area (Å²) in [5.41, 5.74) is 1.63. The van der Waals surface area contributed by atoms with E-state index in [-0.39, 0.29) is 16.9 Å². The van der Waals surface area contributed by atoms with Crippen molar-refractivity contribution < 1.29 is 9.18 Å². The summed E-state index contributed by atoms with van der Waals surface area (Å²) in [6.45, 7) is 4.97. The molecule has 25 heavy (non-hydrogen) atoms. The molecule has 0 radical (unpaired) electrons. The lowest BCUT2D eigenvalue weighted by atomic mass is 10.1. The van der Waals surface area contributed by atoms with Crippen LogP contribution < -0.4 is 10.2 Å². The van der Waals surface area contributed by atoms with Gasteiger partial charge in [-0.2, -0.15) is 0 Å². The van der Waals surface area contributed by atoms with Crippen LogP contribution in [0.3, 0.4) is 0 Å². The number of carbonyl (C=O) groups is 1. The third kappa shape index (κ3) is 3.91. The van der Waals surface area contributed by atoms with Crippen LogP contribution in [0.4, 0.5) is 15.8 Å². The molecular formula is C18H20ClFN4O. The van der Waals surface area contributed by atoms with Gasteiger partial charge in [0.1, 0.15) is 11.0 Å². The average Bonchev–Trinajstić information content (AvgIpc) is 2.55. The van der Waals surface area contributed by atoms with Crippen molar-refractivity contribution in [2.45, 2.75) is 13.0 Å². The summed E-state index contributed by atoms with van der Waals surface area (Å²) in [5, 5.41) is 3.09. The first kappa shape index (κ1) is 17.6. The molecule has 0 unspecified atom stereocenters. The molecule has 1 aliphatic rings. The second kappa shape index (κ2) is 7.37. The lowest BCUT2D eigenvalue weighted by Crippen LogP contribution is -2.58. The topological polar surface area (TPSA) is 48.5 Å². The molecule has 7 heteroatoms. The Balaban J connectivity index is 1.80. The third-order valence-electron chi connectivity index (χ3n) is 4.51. The minimum Gasteiger partial charge on any atom is -0.367 e. The molecule has 2 aromatic rings. The van der Waals surface area contributed by atoms with E-state index in [1.807, 2.05) is 11.9 Å². The Morgan fingerprint density at radius 2 is 2.16 bits per heavy atom. The number of hydrogen-bond acceptors (Lipinski definition) is 4. The van der Waals surface area contributed by atoms with Crippen molar-refractivity contribution in [3.63, 3.8) is 0 Å². The summed E-state index contributed by atoms with van der Waals surface area (Å²) in [6, 6.07) is 7.74. The molecule has 1 N–H and O–H groups in total. The number of likely N-dealkylation sites (tertiary alicyclic amines) is 1. The molecule has 1 amide bonds. The molecule has 1 aromatic heterocycles. The van der Waals surface area contributed by atoms with Crippen molar-refractivity contribution in [3.05, 3.63) is 53.1 Å². The van der Waals surface area contributed by atoms with Crippen LogP contribution >= 0.6 is 11.6 Å². The zero-order chi connectivity index (χ0) is 18.0. The molecule has 2 heterocycles.